The van der Waals surface area contributed by atoms with Crippen molar-refractivity contribution in [3.8, 4) is 0 Å². The molecule has 9 heavy (non-hydrogen) atoms. The summed E-state index contributed by atoms with van der Waals surface area (Å²) in [5.41, 5.74) is 0. The maximum Gasteiger partial charge on any atom is 0.0399 e. The Morgan fingerprint density at radius 1 is 1.56 bits per heavy atom. The van der Waals surface area contributed by atoms with Crippen LogP contribution in [-0.2, 0) is 0 Å². The minimum absolute atomic E-state index is 0.497. The van der Waals surface area contributed by atoms with Crippen molar-refractivity contribution in [1.82, 2.24) is 0 Å². The van der Waals surface area contributed by atoms with Crippen molar-refractivity contribution in [2.24, 2.45) is 5.92 Å². The molecule has 1 aliphatic rings. The summed E-state index contributed by atoms with van der Waals surface area (Å²) in [4.78, 5) is 0.497. The minimum atomic E-state index is 0.497. The van der Waals surface area contributed by atoms with E-state index in [1.54, 1.807) is 0 Å². The second-order valence-electron chi connectivity index (χ2n) is 2.17. The van der Waals surface area contributed by atoms with Crippen molar-refractivity contribution in [3.63, 3.8) is 0 Å². The first-order chi connectivity index (χ1) is 4.22. The summed E-state index contributed by atoms with van der Waals surface area (Å²) in [5, 5.41) is 0. The highest BCUT2D eigenvalue weighted by atomic mass is 79.9. The molecule has 0 saturated heterocycles. The van der Waals surface area contributed by atoms with Gasteiger partial charge in [0, 0.05) is 10.7 Å². The molecule has 50 valence electrons. The summed E-state index contributed by atoms with van der Waals surface area (Å²) in [7, 11) is 0. The summed E-state index contributed by atoms with van der Waals surface area (Å²) in [6, 6.07) is 0. The van der Waals surface area contributed by atoms with Crippen LogP contribution in [0.1, 0.15) is 6.92 Å². The van der Waals surface area contributed by atoms with Gasteiger partial charge in [-0.1, -0.05) is 57.0 Å². The highest BCUT2D eigenvalue weighted by Gasteiger charge is 2.15. The van der Waals surface area contributed by atoms with E-state index >= 15 is 0 Å². The van der Waals surface area contributed by atoms with E-state index in [9.17, 15) is 0 Å². The van der Waals surface area contributed by atoms with Gasteiger partial charge in [-0.2, -0.15) is 0 Å². The largest absolute Gasteiger partial charge is 0.0838 e. The first-order valence-corrected chi connectivity index (χ1v) is 4.60. The zero-order chi connectivity index (χ0) is 6.85. The lowest BCUT2D eigenvalue weighted by Crippen LogP contribution is -2.09. The standard InChI is InChI=1S/C7H8Br2/c1-5-6(8)3-2-4-7(5)9/h2-6H,1H3. The van der Waals surface area contributed by atoms with Crippen molar-refractivity contribution in [2.45, 2.75) is 11.8 Å². The topological polar surface area (TPSA) is 0 Å². The number of halogens is 2. The monoisotopic (exact) mass is 250 g/mol. The third-order valence-corrected chi connectivity index (χ3v) is 3.55. The Labute approximate surface area is 72.3 Å². The first-order valence-electron chi connectivity index (χ1n) is 2.90. The number of allylic oxidation sites excluding steroid dienone is 4. The highest BCUT2D eigenvalue weighted by Crippen LogP contribution is 2.29. The Morgan fingerprint density at radius 3 is 2.67 bits per heavy atom. The first kappa shape index (κ1) is 7.55. The number of hydrogen-bond acceptors (Lipinski definition) is 0. The molecule has 2 heteroatoms. The minimum Gasteiger partial charge on any atom is -0.0838 e. The zero-order valence-corrected chi connectivity index (χ0v) is 8.31. The molecule has 2 atom stereocenters. The third kappa shape index (κ3) is 1.68. The molecule has 1 rings (SSSR count). The van der Waals surface area contributed by atoms with Crippen LogP contribution < -0.4 is 0 Å². The van der Waals surface area contributed by atoms with Crippen LogP contribution in [0.3, 0.4) is 0 Å². The van der Waals surface area contributed by atoms with Crippen LogP contribution in [0.2, 0.25) is 0 Å². The molecule has 0 bridgehead atoms. The van der Waals surface area contributed by atoms with Crippen molar-refractivity contribution in [2.75, 3.05) is 0 Å². The predicted molar refractivity (Wildman–Crippen MR) is 48.0 cm³/mol. The fraction of sp³-hybridized carbons (Fsp3) is 0.429. The normalized spacial score (nSPS) is 34.3. The van der Waals surface area contributed by atoms with Gasteiger partial charge in [-0.15, -0.1) is 0 Å². The highest BCUT2D eigenvalue weighted by molar-refractivity contribution is 9.12. The molecule has 0 aromatic rings. The smallest absolute Gasteiger partial charge is 0.0399 e. The van der Waals surface area contributed by atoms with Gasteiger partial charge < -0.3 is 0 Å². The summed E-state index contributed by atoms with van der Waals surface area (Å²) >= 11 is 7.01. The molecular formula is C7H8Br2. The van der Waals surface area contributed by atoms with E-state index in [-0.39, 0.29) is 0 Å². The summed E-state index contributed by atoms with van der Waals surface area (Å²) in [5.74, 6) is 0.579. The van der Waals surface area contributed by atoms with Crippen LogP contribution >= 0.6 is 31.9 Å². The molecule has 2 unspecified atom stereocenters. The molecule has 0 heterocycles. The summed E-state index contributed by atoms with van der Waals surface area (Å²) < 4.78 is 1.27. The second kappa shape index (κ2) is 3.02. The molecule has 0 spiro atoms. The maximum atomic E-state index is 3.54. The lowest BCUT2D eigenvalue weighted by Gasteiger charge is -2.16. The van der Waals surface area contributed by atoms with E-state index in [1.165, 1.54) is 4.48 Å². The molecule has 0 saturated carbocycles. The Balaban J connectivity index is 2.73. The van der Waals surface area contributed by atoms with E-state index in [2.05, 4.69) is 57.0 Å². The molecule has 0 aliphatic heterocycles. The van der Waals surface area contributed by atoms with Gasteiger partial charge in [-0.25, -0.2) is 0 Å². The van der Waals surface area contributed by atoms with Gasteiger partial charge in [0.2, 0.25) is 0 Å². The van der Waals surface area contributed by atoms with E-state index in [4.69, 9.17) is 0 Å². The average molecular weight is 252 g/mol. The molecule has 0 aromatic heterocycles. The van der Waals surface area contributed by atoms with Gasteiger partial charge in [-0.05, 0) is 4.48 Å². The van der Waals surface area contributed by atoms with Gasteiger partial charge in [0.25, 0.3) is 0 Å². The predicted octanol–water partition coefficient (Wildman–Crippen LogP) is 3.23. The van der Waals surface area contributed by atoms with Gasteiger partial charge in [0.05, 0.1) is 0 Å². The Hall–Kier alpha value is 0.440. The van der Waals surface area contributed by atoms with Crippen LogP contribution in [0.5, 0.6) is 0 Å². The Morgan fingerprint density at radius 2 is 2.22 bits per heavy atom. The van der Waals surface area contributed by atoms with Crippen molar-refractivity contribution >= 4 is 31.9 Å². The fourth-order valence-electron chi connectivity index (χ4n) is 0.724. The maximum absolute atomic E-state index is 3.54. The molecule has 0 N–H and O–H groups in total. The molecule has 0 radical (unpaired) electrons. The molecule has 0 amide bonds. The molecular weight excluding hydrogens is 244 g/mol. The molecule has 1 aliphatic carbocycles. The van der Waals surface area contributed by atoms with Crippen LogP contribution in [0.4, 0.5) is 0 Å². The SMILES string of the molecule is CC1C(Br)=CC=CC1Br. The van der Waals surface area contributed by atoms with E-state index in [0.717, 1.165) is 0 Å². The van der Waals surface area contributed by atoms with Crippen LogP contribution in [0.25, 0.3) is 0 Å². The summed E-state index contributed by atoms with van der Waals surface area (Å²) in [6.45, 7) is 2.18. The molecule has 0 nitrogen and oxygen atoms in total. The van der Waals surface area contributed by atoms with Crippen LogP contribution in [0, 0.1) is 5.92 Å². The Kier molecular flexibility index (Phi) is 2.53. The lowest BCUT2D eigenvalue weighted by atomic mass is 10.0. The fourth-order valence-corrected chi connectivity index (χ4v) is 1.98. The van der Waals surface area contributed by atoms with Gasteiger partial charge >= 0.3 is 0 Å². The van der Waals surface area contributed by atoms with Crippen molar-refractivity contribution in [1.29, 1.82) is 0 Å². The second-order valence-corrected chi connectivity index (χ2v) is 4.14. The Bertz CT molecular complexity index is 158. The number of rotatable bonds is 0. The number of alkyl halides is 1. The molecule has 0 aromatic carbocycles. The van der Waals surface area contributed by atoms with Crippen LogP contribution in [0.15, 0.2) is 22.7 Å². The molecule has 0 fully saturated rings. The van der Waals surface area contributed by atoms with Gasteiger partial charge in [-0.3, -0.25) is 0 Å². The van der Waals surface area contributed by atoms with Crippen molar-refractivity contribution in [3.05, 3.63) is 22.7 Å². The zero-order valence-electron chi connectivity index (χ0n) is 5.14. The van der Waals surface area contributed by atoms with E-state index in [1.807, 2.05) is 0 Å². The van der Waals surface area contributed by atoms with Gasteiger partial charge in [0.15, 0.2) is 0 Å². The van der Waals surface area contributed by atoms with Crippen LogP contribution in [-0.4, -0.2) is 4.83 Å². The quantitative estimate of drug-likeness (QED) is 0.580. The lowest BCUT2D eigenvalue weighted by molar-refractivity contribution is 0.752. The van der Waals surface area contributed by atoms with Crippen molar-refractivity contribution < 1.29 is 0 Å². The number of hydrogen-bond donors (Lipinski definition) is 0. The summed E-state index contributed by atoms with van der Waals surface area (Å²) in [6.07, 6.45) is 6.29. The third-order valence-electron chi connectivity index (χ3n) is 1.46. The van der Waals surface area contributed by atoms with E-state index in [0.29, 0.717) is 10.7 Å². The van der Waals surface area contributed by atoms with E-state index < -0.39 is 0 Å². The average Bonchev–Trinajstić information content (AvgIpc) is 1.83. The van der Waals surface area contributed by atoms with Gasteiger partial charge in [0.1, 0.15) is 0 Å².